The fraction of sp³-hybridized carbons (Fsp3) is 0.654. The van der Waals surface area contributed by atoms with Crippen molar-refractivity contribution in [3.8, 4) is 0 Å². The molecule has 12 nitrogen and oxygen atoms in total. The van der Waals surface area contributed by atoms with Crippen LogP contribution in [0.15, 0.2) is 24.7 Å². The Hall–Kier alpha value is -3.85. The van der Waals surface area contributed by atoms with E-state index in [4.69, 9.17) is 0 Å². The summed E-state index contributed by atoms with van der Waals surface area (Å²) in [6.45, 7) is 3.70. The van der Waals surface area contributed by atoms with E-state index in [9.17, 15) is 27.2 Å². The van der Waals surface area contributed by atoms with Crippen LogP contribution < -0.4 is 10.6 Å². The number of halogens is 4. The molecule has 3 aromatic heterocycles. The summed E-state index contributed by atoms with van der Waals surface area (Å²) in [7, 11) is 0. The van der Waals surface area contributed by atoms with Gasteiger partial charge in [-0.15, -0.1) is 5.10 Å². The van der Waals surface area contributed by atoms with Gasteiger partial charge >= 0.3 is 0 Å². The topological polar surface area (TPSA) is 137 Å². The van der Waals surface area contributed by atoms with Crippen LogP contribution in [0.4, 0.5) is 23.2 Å². The average Bonchev–Trinajstić information content (AvgIpc) is 3.66. The molecule has 0 aromatic carbocycles. The number of tetrazole rings is 1. The number of hydrogen-bond donors (Lipinski definition) is 2. The third-order valence-corrected chi connectivity index (χ3v) is 8.02. The van der Waals surface area contributed by atoms with Gasteiger partial charge in [-0.25, -0.2) is 22.2 Å². The molecule has 2 amide bonds. The highest BCUT2D eigenvalue weighted by Gasteiger charge is 2.41. The van der Waals surface area contributed by atoms with Crippen LogP contribution in [-0.2, 0) is 4.79 Å². The van der Waals surface area contributed by atoms with Crippen molar-refractivity contribution < 1.29 is 27.2 Å². The van der Waals surface area contributed by atoms with Gasteiger partial charge in [0.05, 0.1) is 17.9 Å². The number of anilines is 1. The maximum Gasteiger partial charge on any atom is 0.270 e. The number of aromatic nitrogens is 8. The summed E-state index contributed by atoms with van der Waals surface area (Å²) < 4.78 is 59.4. The van der Waals surface area contributed by atoms with E-state index in [-0.39, 0.29) is 42.1 Å². The molecule has 2 fully saturated rings. The van der Waals surface area contributed by atoms with Gasteiger partial charge in [-0.1, -0.05) is 0 Å². The molecule has 0 aliphatic heterocycles. The molecular weight excluding hydrogens is 560 g/mol. The minimum absolute atomic E-state index is 0.0316. The summed E-state index contributed by atoms with van der Waals surface area (Å²) >= 11 is 0. The Morgan fingerprint density at radius 1 is 1.12 bits per heavy atom. The number of amides is 2. The van der Waals surface area contributed by atoms with Crippen molar-refractivity contribution >= 4 is 17.5 Å². The summed E-state index contributed by atoms with van der Waals surface area (Å²) in [6.07, 6.45) is 2.86. The Labute approximate surface area is 239 Å². The molecule has 2 aliphatic carbocycles. The van der Waals surface area contributed by atoms with Gasteiger partial charge in [-0.05, 0) is 68.4 Å². The fourth-order valence-corrected chi connectivity index (χ4v) is 5.52. The molecule has 2 saturated carbocycles. The van der Waals surface area contributed by atoms with Gasteiger partial charge in [0.2, 0.25) is 18.3 Å². The molecule has 2 atom stereocenters. The van der Waals surface area contributed by atoms with E-state index in [0.29, 0.717) is 0 Å². The summed E-state index contributed by atoms with van der Waals surface area (Å²) in [6, 6.07) is -0.694. The van der Waals surface area contributed by atoms with Crippen molar-refractivity contribution in [1.82, 2.24) is 45.1 Å². The highest BCUT2D eigenvalue weighted by atomic mass is 19.3. The molecule has 2 N–H and O–H groups in total. The Kier molecular flexibility index (Phi) is 8.59. The first-order chi connectivity index (χ1) is 20.0. The van der Waals surface area contributed by atoms with E-state index in [1.807, 2.05) is 13.8 Å². The van der Waals surface area contributed by atoms with Crippen LogP contribution in [0.5, 0.6) is 0 Å². The fourth-order valence-electron chi connectivity index (χ4n) is 5.52. The maximum atomic E-state index is 13.9. The first-order valence-electron chi connectivity index (χ1n) is 14.2. The van der Waals surface area contributed by atoms with Crippen molar-refractivity contribution in [2.75, 3.05) is 5.32 Å². The second-order valence-electron chi connectivity index (χ2n) is 11.3. The zero-order chi connectivity index (χ0) is 30.0. The third-order valence-electron chi connectivity index (χ3n) is 8.02. The third kappa shape index (κ3) is 6.46. The molecule has 0 saturated heterocycles. The van der Waals surface area contributed by atoms with E-state index in [2.05, 4.69) is 36.4 Å². The molecule has 3 heterocycles. The maximum absolute atomic E-state index is 13.9. The van der Waals surface area contributed by atoms with Gasteiger partial charge < -0.3 is 10.6 Å². The summed E-state index contributed by atoms with van der Waals surface area (Å²) in [4.78, 5) is 26.7. The smallest absolute Gasteiger partial charge is 0.270 e. The number of nitrogens with zero attached hydrogens (tertiary/aromatic N) is 8. The van der Waals surface area contributed by atoms with Crippen LogP contribution in [0.25, 0.3) is 0 Å². The van der Waals surface area contributed by atoms with Crippen LogP contribution in [-0.4, -0.2) is 70.0 Å². The predicted molar refractivity (Wildman–Crippen MR) is 141 cm³/mol. The van der Waals surface area contributed by atoms with Gasteiger partial charge in [0.15, 0.2) is 5.82 Å². The predicted octanol–water partition coefficient (Wildman–Crippen LogP) is 4.18. The number of hydrogen-bond acceptors (Lipinski definition) is 7. The van der Waals surface area contributed by atoms with Gasteiger partial charge in [-0.3, -0.25) is 19.0 Å². The monoisotopic (exact) mass is 594 g/mol. The normalized spacial score (nSPS) is 19.0. The molecule has 16 heteroatoms. The number of carbonyl (C=O) groups excluding carboxylic acids is 2. The molecular formula is C26H34F4N10O2. The minimum atomic E-state index is -2.83. The summed E-state index contributed by atoms with van der Waals surface area (Å²) in [5.74, 6) is -4.31. The molecule has 2 aliphatic rings. The number of carbonyl (C=O) groups is 2. The summed E-state index contributed by atoms with van der Waals surface area (Å²) in [5, 5.41) is 25.5. The zero-order valence-electron chi connectivity index (χ0n) is 23.3. The van der Waals surface area contributed by atoms with Gasteiger partial charge in [0, 0.05) is 37.7 Å². The molecule has 3 aromatic rings. The summed E-state index contributed by atoms with van der Waals surface area (Å²) in [5.41, 5.74) is 0.422. The lowest BCUT2D eigenvalue weighted by atomic mass is 9.81. The van der Waals surface area contributed by atoms with Crippen LogP contribution in [0.1, 0.15) is 99.7 Å². The lowest BCUT2D eigenvalue weighted by molar-refractivity contribution is -0.121. The molecule has 5 rings (SSSR count). The van der Waals surface area contributed by atoms with Crippen LogP contribution in [0.2, 0.25) is 0 Å². The van der Waals surface area contributed by atoms with Gasteiger partial charge in [-0.2, -0.15) is 10.2 Å². The first-order valence-corrected chi connectivity index (χ1v) is 14.2. The average molecular weight is 595 g/mol. The quantitative estimate of drug-likeness (QED) is 0.318. The minimum Gasteiger partial charge on any atom is -0.339 e. The van der Waals surface area contributed by atoms with Crippen molar-refractivity contribution in [2.45, 2.75) is 102 Å². The van der Waals surface area contributed by atoms with Gasteiger partial charge in [0.25, 0.3) is 5.91 Å². The number of rotatable bonds is 11. The van der Waals surface area contributed by atoms with Crippen molar-refractivity contribution in [3.05, 3.63) is 36.2 Å². The van der Waals surface area contributed by atoms with Crippen molar-refractivity contribution in [1.29, 1.82) is 0 Å². The largest absolute Gasteiger partial charge is 0.339 e. The lowest BCUT2D eigenvalue weighted by Gasteiger charge is -2.33. The second kappa shape index (κ2) is 12.2. The highest BCUT2D eigenvalue weighted by Crippen LogP contribution is 2.38. The number of alkyl halides is 4. The van der Waals surface area contributed by atoms with E-state index < -0.39 is 61.4 Å². The van der Waals surface area contributed by atoms with E-state index in [0.717, 1.165) is 19.3 Å². The number of nitrogens with one attached hydrogen (secondary N) is 2. The SMILES string of the molecule is CC(C)n1nccc1C(=O)N[C@H](C(=O)Nc1cnn(C(CC(F)F)c2nnnn2C2CCC2)c1)C1CCC(F)(F)CC1. The van der Waals surface area contributed by atoms with Crippen molar-refractivity contribution in [3.63, 3.8) is 0 Å². The Morgan fingerprint density at radius 2 is 1.86 bits per heavy atom. The van der Waals surface area contributed by atoms with Crippen molar-refractivity contribution in [2.24, 2.45) is 5.92 Å². The first kappa shape index (κ1) is 29.6. The second-order valence-corrected chi connectivity index (χ2v) is 11.3. The Bertz CT molecular complexity index is 1370. The Balaban J connectivity index is 1.36. The molecule has 1 unspecified atom stereocenters. The zero-order valence-corrected chi connectivity index (χ0v) is 23.3. The standard InChI is InChI=1S/C26H34F4N10O2/c1-15(2)39-19(8-11-31-39)24(41)34-22(16-6-9-26(29,30)10-7-16)25(42)33-17-13-32-38(14-17)20(12-21(27)28)23-35-36-37-40(23)18-4-3-5-18/h8,11,13-16,18,20-22H,3-7,9-10,12H2,1-2H3,(H,33,42)(H,34,41)/t20?,22-/m0/s1. The molecule has 228 valence electrons. The van der Waals surface area contributed by atoms with Crippen LogP contribution in [0, 0.1) is 5.92 Å². The molecule has 0 spiro atoms. The van der Waals surface area contributed by atoms with E-state index >= 15 is 0 Å². The van der Waals surface area contributed by atoms with E-state index in [1.54, 1.807) is 4.68 Å². The molecule has 42 heavy (non-hydrogen) atoms. The Morgan fingerprint density at radius 3 is 2.50 bits per heavy atom. The van der Waals surface area contributed by atoms with Gasteiger partial charge in [0.1, 0.15) is 17.8 Å². The van der Waals surface area contributed by atoms with Crippen LogP contribution >= 0.6 is 0 Å². The van der Waals surface area contributed by atoms with E-state index in [1.165, 1.54) is 34.0 Å². The highest BCUT2D eigenvalue weighted by molar-refractivity contribution is 6.00. The molecule has 0 radical (unpaired) electrons. The lowest BCUT2D eigenvalue weighted by Crippen LogP contribution is -2.50. The molecule has 0 bridgehead atoms. The van der Waals surface area contributed by atoms with Crippen LogP contribution in [0.3, 0.4) is 0 Å².